The fourth-order valence-electron chi connectivity index (χ4n) is 1.57. The molecule has 2 N–H and O–H groups in total. The molecule has 0 aliphatic heterocycles. The van der Waals surface area contributed by atoms with Crippen LogP contribution in [0.4, 0.5) is 0 Å². The normalized spacial score (nSPS) is 14.9. The van der Waals surface area contributed by atoms with Crippen molar-refractivity contribution in [3.63, 3.8) is 0 Å². The number of hydrogen-bond donors (Lipinski definition) is 2. The van der Waals surface area contributed by atoms with E-state index in [-0.39, 0.29) is 12.4 Å². The van der Waals surface area contributed by atoms with Crippen molar-refractivity contribution < 1.29 is 14.4 Å². The SMILES string of the molecule is CCCCCCCCCS(=O)CC(O)CO. The van der Waals surface area contributed by atoms with E-state index in [0.717, 1.165) is 12.8 Å². The van der Waals surface area contributed by atoms with E-state index in [1.807, 2.05) is 0 Å². The van der Waals surface area contributed by atoms with E-state index in [4.69, 9.17) is 10.2 Å². The highest BCUT2D eigenvalue weighted by Crippen LogP contribution is 2.07. The fraction of sp³-hybridized carbons (Fsp3) is 1.00. The second kappa shape index (κ2) is 11.6. The summed E-state index contributed by atoms with van der Waals surface area (Å²) in [4.78, 5) is 0. The number of aliphatic hydroxyl groups is 2. The van der Waals surface area contributed by atoms with Gasteiger partial charge in [0.05, 0.1) is 18.5 Å². The molecule has 0 saturated carbocycles. The zero-order valence-electron chi connectivity index (χ0n) is 10.4. The van der Waals surface area contributed by atoms with Crippen LogP contribution in [0.1, 0.15) is 51.9 Å². The van der Waals surface area contributed by atoms with Crippen LogP contribution in [0, 0.1) is 0 Å². The first kappa shape index (κ1) is 16.1. The van der Waals surface area contributed by atoms with Crippen molar-refractivity contribution >= 4 is 10.8 Å². The minimum absolute atomic E-state index is 0.215. The molecule has 0 aromatic heterocycles. The average Bonchev–Trinajstić information content (AvgIpc) is 2.27. The Labute approximate surface area is 102 Å². The van der Waals surface area contributed by atoms with E-state index >= 15 is 0 Å². The number of hydrogen-bond acceptors (Lipinski definition) is 3. The number of aliphatic hydroxyl groups excluding tert-OH is 2. The summed E-state index contributed by atoms with van der Waals surface area (Å²) < 4.78 is 11.4. The second-order valence-corrected chi connectivity index (χ2v) is 5.89. The predicted molar refractivity (Wildman–Crippen MR) is 69.0 cm³/mol. The highest BCUT2D eigenvalue weighted by Gasteiger charge is 2.07. The lowest BCUT2D eigenvalue weighted by Crippen LogP contribution is -2.21. The summed E-state index contributed by atoms with van der Waals surface area (Å²) in [5, 5.41) is 17.7. The summed E-state index contributed by atoms with van der Waals surface area (Å²) in [7, 11) is -0.969. The smallest absolute Gasteiger partial charge is 0.0885 e. The molecule has 3 nitrogen and oxygen atoms in total. The molecule has 0 aromatic carbocycles. The summed E-state index contributed by atoms with van der Waals surface area (Å²) in [5.41, 5.74) is 0. The molecule has 4 heteroatoms. The molecule has 0 aliphatic rings. The van der Waals surface area contributed by atoms with E-state index in [1.165, 1.54) is 32.1 Å². The van der Waals surface area contributed by atoms with Gasteiger partial charge in [-0.2, -0.15) is 0 Å². The van der Waals surface area contributed by atoms with Gasteiger partial charge in [-0.15, -0.1) is 0 Å². The van der Waals surface area contributed by atoms with Crippen LogP contribution < -0.4 is 0 Å². The first-order valence-electron chi connectivity index (χ1n) is 6.34. The Hall–Kier alpha value is 0.0700. The maximum atomic E-state index is 11.4. The largest absolute Gasteiger partial charge is 0.394 e. The van der Waals surface area contributed by atoms with Crippen molar-refractivity contribution in [2.24, 2.45) is 0 Å². The van der Waals surface area contributed by atoms with E-state index in [0.29, 0.717) is 5.75 Å². The van der Waals surface area contributed by atoms with Crippen LogP contribution in [0.5, 0.6) is 0 Å². The molecule has 2 unspecified atom stereocenters. The first-order valence-corrected chi connectivity index (χ1v) is 7.83. The third-order valence-corrected chi connectivity index (χ3v) is 4.07. The summed E-state index contributed by atoms with van der Waals surface area (Å²) in [5.74, 6) is 0.872. The van der Waals surface area contributed by atoms with Gasteiger partial charge in [-0.1, -0.05) is 45.4 Å². The van der Waals surface area contributed by atoms with Gasteiger partial charge >= 0.3 is 0 Å². The molecular weight excluding hydrogens is 224 g/mol. The summed E-state index contributed by atoms with van der Waals surface area (Å²) in [6.45, 7) is 1.92. The Balaban J connectivity index is 3.21. The highest BCUT2D eigenvalue weighted by molar-refractivity contribution is 7.85. The van der Waals surface area contributed by atoms with Gasteiger partial charge in [-0.05, 0) is 6.42 Å². The number of rotatable bonds is 11. The van der Waals surface area contributed by atoms with Gasteiger partial charge in [0.2, 0.25) is 0 Å². The van der Waals surface area contributed by atoms with Crippen LogP contribution in [0.2, 0.25) is 0 Å². The average molecular weight is 250 g/mol. The molecule has 0 heterocycles. The molecule has 0 fully saturated rings. The van der Waals surface area contributed by atoms with Gasteiger partial charge in [0.1, 0.15) is 0 Å². The lowest BCUT2D eigenvalue weighted by molar-refractivity contribution is 0.113. The molecule has 0 spiro atoms. The van der Waals surface area contributed by atoms with E-state index in [9.17, 15) is 4.21 Å². The van der Waals surface area contributed by atoms with Crippen LogP contribution in [-0.2, 0) is 10.8 Å². The quantitative estimate of drug-likeness (QED) is 0.550. The van der Waals surface area contributed by atoms with Crippen LogP contribution in [0.25, 0.3) is 0 Å². The van der Waals surface area contributed by atoms with Crippen molar-refractivity contribution in [3.05, 3.63) is 0 Å². The molecule has 98 valence electrons. The Kier molecular flexibility index (Phi) is 11.6. The van der Waals surface area contributed by atoms with Crippen LogP contribution >= 0.6 is 0 Å². The summed E-state index contributed by atoms with van der Waals surface area (Å²) in [6.07, 6.45) is 7.67. The number of unbranched alkanes of at least 4 members (excludes halogenated alkanes) is 6. The summed E-state index contributed by atoms with van der Waals surface area (Å²) >= 11 is 0. The van der Waals surface area contributed by atoms with Crippen LogP contribution in [-0.4, -0.2) is 38.6 Å². The van der Waals surface area contributed by atoms with Crippen LogP contribution in [0.3, 0.4) is 0 Å². The maximum absolute atomic E-state index is 11.4. The molecule has 0 radical (unpaired) electrons. The molecule has 16 heavy (non-hydrogen) atoms. The second-order valence-electron chi connectivity index (χ2n) is 4.27. The maximum Gasteiger partial charge on any atom is 0.0885 e. The van der Waals surface area contributed by atoms with Crippen molar-refractivity contribution in [1.29, 1.82) is 0 Å². The molecule has 0 bridgehead atoms. The molecule has 0 aromatic rings. The van der Waals surface area contributed by atoms with Gasteiger partial charge in [0, 0.05) is 16.6 Å². The Morgan fingerprint density at radius 3 is 2.19 bits per heavy atom. The van der Waals surface area contributed by atoms with Crippen molar-refractivity contribution in [3.8, 4) is 0 Å². The Morgan fingerprint density at radius 2 is 1.62 bits per heavy atom. The van der Waals surface area contributed by atoms with E-state index in [2.05, 4.69) is 6.92 Å². The predicted octanol–water partition coefficient (Wildman–Crippen LogP) is 1.84. The minimum atomic E-state index is -0.969. The standard InChI is InChI=1S/C12H26O3S/c1-2-3-4-5-6-7-8-9-16(15)11-12(14)10-13/h12-14H,2-11H2,1H3. The third kappa shape index (κ3) is 10.6. The topological polar surface area (TPSA) is 57.5 Å². The lowest BCUT2D eigenvalue weighted by atomic mass is 10.1. The van der Waals surface area contributed by atoms with Crippen molar-refractivity contribution in [2.45, 2.75) is 58.0 Å². The van der Waals surface area contributed by atoms with Gasteiger partial charge < -0.3 is 10.2 Å². The molecule has 0 saturated heterocycles. The summed E-state index contributed by atoms with van der Waals surface area (Å²) in [6, 6.07) is 0. The van der Waals surface area contributed by atoms with Crippen molar-refractivity contribution in [2.75, 3.05) is 18.1 Å². The molecule has 2 atom stereocenters. The monoisotopic (exact) mass is 250 g/mol. The Morgan fingerprint density at radius 1 is 1.06 bits per heavy atom. The third-order valence-electron chi connectivity index (χ3n) is 2.56. The zero-order chi connectivity index (χ0) is 12.2. The van der Waals surface area contributed by atoms with Crippen molar-refractivity contribution in [1.82, 2.24) is 0 Å². The lowest BCUT2D eigenvalue weighted by Gasteiger charge is -2.06. The fourth-order valence-corrected chi connectivity index (χ4v) is 2.80. The van der Waals surface area contributed by atoms with Gasteiger partial charge in [0.15, 0.2) is 0 Å². The van der Waals surface area contributed by atoms with Gasteiger partial charge in [0.25, 0.3) is 0 Å². The minimum Gasteiger partial charge on any atom is -0.394 e. The first-order chi connectivity index (χ1) is 7.70. The zero-order valence-corrected chi connectivity index (χ0v) is 11.2. The highest BCUT2D eigenvalue weighted by atomic mass is 32.2. The van der Waals surface area contributed by atoms with Gasteiger partial charge in [-0.25, -0.2) is 0 Å². The molecule has 0 rings (SSSR count). The van der Waals surface area contributed by atoms with E-state index in [1.54, 1.807) is 0 Å². The van der Waals surface area contributed by atoms with E-state index < -0.39 is 16.9 Å². The molecular formula is C12H26O3S. The van der Waals surface area contributed by atoms with Crippen LogP contribution in [0.15, 0.2) is 0 Å². The molecule has 0 amide bonds. The molecule has 0 aliphatic carbocycles. The Bertz CT molecular complexity index is 174. The van der Waals surface area contributed by atoms with Gasteiger partial charge in [-0.3, -0.25) is 4.21 Å².